The highest BCUT2D eigenvalue weighted by atomic mass is 16.5. The quantitative estimate of drug-likeness (QED) is 0.402. The zero-order valence-corrected chi connectivity index (χ0v) is 19.7. The summed E-state index contributed by atoms with van der Waals surface area (Å²) in [5.74, 6) is 2.02. The molecule has 2 aromatic carbocycles. The second kappa shape index (κ2) is 9.31. The van der Waals surface area contributed by atoms with Crippen molar-refractivity contribution < 1.29 is 4.52 Å². The van der Waals surface area contributed by atoms with Crippen LogP contribution in [0.3, 0.4) is 0 Å². The lowest BCUT2D eigenvalue weighted by Gasteiger charge is -2.36. The molecule has 35 heavy (non-hydrogen) atoms. The molecule has 5 aromatic rings. The van der Waals surface area contributed by atoms with Gasteiger partial charge in [-0.15, -0.1) is 0 Å². The van der Waals surface area contributed by atoms with Crippen molar-refractivity contribution in [2.75, 3.05) is 31.1 Å². The third-order valence-electron chi connectivity index (χ3n) is 6.43. The summed E-state index contributed by atoms with van der Waals surface area (Å²) in [6.45, 7) is 6.95. The fourth-order valence-corrected chi connectivity index (χ4v) is 4.65. The number of anilines is 1. The van der Waals surface area contributed by atoms with Gasteiger partial charge in [-0.2, -0.15) is 4.98 Å². The number of fused-ring (bicyclic) bond motifs is 1. The number of hydrogen-bond donors (Lipinski definition) is 1. The number of piperazine rings is 1. The number of aromatic amines is 1. The minimum atomic E-state index is 0.513. The van der Waals surface area contributed by atoms with Crippen LogP contribution in [0.4, 0.5) is 5.69 Å². The van der Waals surface area contributed by atoms with Gasteiger partial charge in [0.05, 0.1) is 11.0 Å². The molecule has 1 aliphatic rings. The van der Waals surface area contributed by atoms with Gasteiger partial charge in [-0.25, -0.2) is 4.98 Å². The summed E-state index contributed by atoms with van der Waals surface area (Å²) in [4.78, 5) is 22.1. The number of hydrogen-bond acceptors (Lipinski definition) is 7. The Morgan fingerprint density at radius 3 is 2.60 bits per heavy atom. The first kappa shape index (κ1) is 21.5. The van der Waals surface area contributed by atoms with E-state index in [0.717, 1.165) is 60.8 Å². The van der Waals surface area contributed by atoms with E-state index in [1.165, 1.54) is 11.3 Å². The van der Waals surface area contributed by atoms with E-state index < -0.39 is 0 Å². The third-order valence-corrected chi connectivity index (χ3v) is 6.43. The summed E-state index contributed by atoms with van der Waals surface area (Å²) >= 11 is 0. The largest absolute Gasteiger partial charge is 0.369 e. The molecular weight excluding hydrogens is 438 g/mol. The Labute approximate surface area is 203 Å². The highest BCUT2D eigenvalue weighted by Gasteiger charge is 2.17. The van der Waals surface area contributed by atoms with E-state index in [1.807, 2.05) is 31.3 Å². The molecule has 8 heteroatoms. The van der Waals surface area contributed by atoms with Crippen molar-refractivity contribution in [2.45, 2.75) is 19.9 Å². The number of nitrogens with zero attached hydrogens (tertiary/aromatic N) is 6. The van der Waals surface area contributed by atoms with Gasteiger partial charge in [-0.1, -0.05) is 23.4 Å². The van der Waals surface area contributed by atoms with Gasteiger partial charge in [-0.3, -0.25) is 9.88 Å². The van der Waals surface area contributed by atoms with Gasteiger partial charge in [0.1, 0.15) is 5.82 Å². The van der Waals surface area contributed by atoms with E-state index in [4.69, 9.17) is 9.51 Å². The fourth-order valence-electron chi connectivity index (χ4n) is 4.65. The zero-order valence-electron chi connectivity index (χ0n) is 19.7. The summed E-state index contributed by atoms with van der Waals surface area (Å²) in [6, 6.07) is 20.9. The second-order valence-electron chi connectivity index (χ2n) is 8.99. The summed E-state index contributed by atoms with van der Waals surface area (Å²) in [6.07, 6.45) is 2.56. The highest BCUT2D eigenvalue weighted by molar-refractivity contribution is 5.80. The van der Waals surface area contributed by atoms with Gasteiger partial charge >= 0.3 is 0 Å². The van der Waals surface area contributed by atoms with Gasteiger partial charge in [0.15, 0.2) is 5.82 Å². The summed E-state index contributed by atoms with van der Waals surface area (Å²) < 4.78 is 5.29. The number of para-hydroxylation sites is 1. The number of nitrogens with one attached hydrogen (secondary N) is 1. The van der Waals surface area contributed by atoms with Crippen molar-refractivity contribution in [1.29, 1.82) is 0 Å². The van der Waals surface area contributed by atoms with Gasteiger partial charge in [-0.05, 0) is 55.0 Å². The van der Waals surface area contributed by atoms with Gasteiger partial charge < -0.3 is 14.4 Å². The Morgan fingerprint density at radius 1 is 0.943 bits per heavy atom. The average Bonchev–Trinajstić information content (AvgIpc) is 3.50. The molecule has 0 atom stereocenters. The Hall–Kier alpha value is -4.04. The first-order valence-corrected chi connectivity index (χ1v) is 12.0. The number of H-pyrrole nitrogens is 1. The third kappa shape index (κ3) is 4.79. The molecule has 1 saturated heterocycles. The lowest BCUT2D eigenvalue weighted by Crippen LogP contribution is -2.45. The van der Waals surface area contributed by atoms with Crippen molar-refractivity contribution in [2.24, 2.45) is 0 Å². The normalized spacial score (nSPS) is 14.6. The SMILES string of the molecule is Cc1noc(-c2ccc3nc(Cc4cc(CN5CCN(c6ccccc6)CC5)ccn4)[nH]c3c2)n1. The second-order valence-corrected chi connectivity index (χ2v) is 8.99. The van der Waals surface area contributed by atoms with Crippen LogP contribution >= 0.6 is 0 Å². The molecule has 176 valence electrons. The van der Waals surface area contributed by atoms with E-state index in [0.29, 0.717) is 18.1 Å². The van der Waals surface area contributed by atoms with Crippen molar-refractivity contribution in [3.8, 4) is 11.5 Å². The molecular formula is C27H27N7O. The summed E-state index contributed by atoms with van der Waals surface area (Å²) in [7, 11) is 0. The van der Waals surface area contributed by atoms with Gasteiger partial charge in [0.2, 0.25) is 0 Å². The van der Waals surface area contributed by atoms with Crippen LogP contribution in [0.2, 0.25) is 0 Å². The predicted molar refractivity (Wildman–Crippen MR) is 135 cm³/mol. The summed E-state index contributed by atoms with van der Waals surface area (Å²) in [5, 5.41) is 3.88. The predicted octanol–water partition coefficient (Wildman–Crippen LogP) is 4.23. The van der Waals surface area contributed by atoms with Crippen LogP contribution < -0.4 is 4.90 Å². The topological polar surface area (TPSA) is 87.0 Å². The fraction of sp³-hybridized carbons (Fsp3) is 0.259. The van der Waals surface area contributed by atoms with Gasteiger partial charge in [0.25, 0.3) is 5.89 Å². The molecule has 0 aliphatic carbocycles. The lowest BCUT2D eigenvalue weighted by atomic mass is 10.1. The molecule has 1 aliphatic heterocycles. The zero-order chi connectivity index (χ0) is 23.6. The lowest BCUT2D eigenvalue weighted by molar-refractivity contribution is 0.250. The number of benzene rings is 2. The average molecular weight is 466 g/mol. The molecule has 0 unspecified atom stereocenters. The molecule has 0 bridgehead atoms. The molecule has 6 rings (SSSR count). The van der Waals surface area contributed by atoms with Crippen molar-refractivity contribution >= 4 is 16.7 Å². The Morgan fingerprint density at radius 2 is 1.80 bits per heavy atom. The maximum Gasteiger partial charge on any atom is 0.257 e. The van der Waals surface area contributed by atoms with Crippen molar-refractivity contribution in [3.63, 3.8) is 0 Å². The highest BCUT2D eigenvalue weighted by Crippen LogP contribution is 2.23. The molecule has 1 N–H and O–H groups in total. The van der Waals surface area contributed by atoms with E-state index in [2.05, 4.69) is 72.4 Å². The number of aromatic nitrogens is 5. The maximum absolute atomic E-state index is 5.29. The summed E-state index contributed by atoms with van der Waals surface area (Å²) in [5.41, 5.74) is 6.34. The molecule has 0 radical (unpaired) electrons. The van der Waals surface area contributed by atoms with E-state index in [9.17, 15) is 0 Å². The molecule has 4 heterocycles. The van der Waals surface area contributed by atoms with Gasteiger partial charge in [0, 0.05) is 62.3 Å². The van der Waals surface area contributed by atoms with Crippen LogP contribution in [-0.2, 0) is 13.0 Å². The van der Waals surface area contributed by atoms with Crippen LogP contribution in [-0.4, -0.2) is 56.2 Å². The molecule has 0 amide bonds. The smallest absolute Gasteiger partial charge is 0.257 e. The first-order valence-electron chi connectivity index (χ1n) is 12.0. The monoisotopic (exact) mass is 465 g/mol. The Bertz CT molecular complexity index is 1430. The van der Waals surface area contributed by atoms with Crippen molar-refractivity contribution in [3.05, 3.63) is 89.8 Å². The van der Waals surface area contributed by atoms with Crippen molar-refractivity contribution in [1.82, 2.24) is 30.0 Å². The van der Waals surface area contributed by atoms with E-state index >= 15 is 0 Å². The molecule has 8 nitrogen and oxygen atoms in total. The van der Waals surface area contributed by atoms with Crippen LogP contribution in [0.5, 0.6) is 0 Å². The molecule has 3 aromatic heterocycles. The molecule has 1 fully saturated rings. The molecule has 0 spiro atoms. The Balaban J connectivity index is 1.11. The van der Waals surface area contributed by atoms with Crippen LogP contribution in [0, 0.1) is 6.92 Å². The minimum Gasteiger partial charge on any atom is -0.369 e. The van der Waals surface area contributed by atoms with Crippen LogP contribution in [0.25, 0.3) is 22.5 Å². The maximum atomic E-state index is 5.29. The van der Waals surface area contributed by atoms with Crippen LogP contribution in [0.1, 0.15) is 22.9 Å². The number of rotatable bonds is 6. The van der Waals surface area contributed by atoms with Crippen LogP contribution in [0.15, 0.2) is 71.4 Å². The Kier molecular flexibility index (Phi) is 5.71. The first-order chi connectivity index (χ1) is 17.2. The number of imidazole rings is 1. The molecule has 0 saturated carbocycles. The minimum absolute atomic E-state index is 0.513. The standard InChI is InChI=1S/C27H27N7O/c1-19-29-27(35-32-19)21-7-8-24-25(16-21)31-26(30-24)17-22-15-20(9-10-28-22)18-33-11-13-34(14-12-33)23-5-3-2-4-6-23/h2-10,15-16H,11-14,17-18H2,1H3,(H,30,31). The van der Waals surface area contributed by atoms with E-state index in [1.54, 1.807) is 0 Å². The number of aryl methyl sites for hydroxylation is 1. The number of pyridine rings is 1. The van der Waals surface area contributed by atoms with E-state index in [-0.39, 0.29) is 0 Å².